The monoisotopic (exact) mass is 188 g/mol. The summed E-state index contributed by atoms with van der Waals surface area (Å²) in [5.74, 6) is -2.42. The molecule has 0 unspecified atom stereocenters. The van der Waals surface area contributed by atoms with Gasteiger partial charge in [0.25, 0.3) is 6.41 Å². The minimum Gasteiger partial charge on any atom is -0.481 e. The maximum atomic E-state index is 10.4. The summed E-state index contributed by atoms with van der Waals surface area (Å²) in [5, 5.41) is 22.6. The number of carbonyl (C=O) groups excluding carboxylic acids is 1. The Morgan fingerprint density at radius 1 is 1.38 bits per heavy atom. The van der Waals surface area contributed by atoms with Gasteiger partial charge in [-0.1, -0.05) is 0 Å². The molecule has 2 N–H and O–H groups in total. The maximum absolute atomic E-state index is 10.4. The average Bonchev–Trinajstić information content (AvgIpc) is 2.03. The highest BCUT2D eigenvalue weighted by molar-refractivity contribution is 5.75. The summed E-state index contributed by atoms with van der Waals surface area (Å²) in [6.45, 7) is 0. The number of carboxylic acid groups (broad SMARTS) is 2. The Labute approximate surface area is 73.1 Å². The Morgan fingerprint density at radius 2 is 2.00 bits per heavy atom. The number of hydrogen-bond acceptors (Lipinski definition) is 4. The van der Waals surface area contributed by atoms with E-state index in [2.05, 4.69) is 10.2 Å². The predicted octanol–water partition coefficient (Wildman–Crippen LogP) is -0.0870. The fourth-order valence-electron chi connectivity index (χ4n) is 0.598. The Kier molecular flexibility index (Phi) is 5.01. The zero-order valence-electron chi connectivity index (χ0n) is 6.58. The Balaban J connectivity index is 4.10. The zero-order valence-corrected chi connectivity index (χ0v) is 6.58. The molecular formula is C6H8N2O5. The lowest BCUT2D eigenvalue weighted by molar-refractivity contribution is -0.139. The van der Waals surface area contributed by atoms with Gasteiger partial charge in [0.1, 0.15) is 0 Å². The van der Waals surface area contributed by atoms with E-state index in [0.29, 0.717) is 0 Å². The summed E-state index contributed by atoms with van der Waals surface area (Å²) in [6, 6.07) is -1.26. The molecule has 7 nitrogen and oxygen atoms in total. The second kappa shape index (κ2) is 5.81. The Hall–Kier alpha value is -1.79. The van der Waals surface area contributed by atoms with Gasteiger partial charge < -0.3 is 10.2 Å². The van der Waals surface area contributed by atoms with Gasteiger partial charge in [-0.05, 0) is 6.42 Å². The van der Waals surface area contributed by atoms with Gasteiger partial charge in [-0.3, -0.25) is 9.59 Å². The van der Waals surface area contributed by atoms with Crippen molar-refractivity contribution in [2.75, 3.05) is 0 Å². The molecule has 0 aliphatic heterocycles. The lowest BCUT2D eigenvalue weighted by Gasteiger charge is -2.01. The SMILES string of the molecule is O=CN=N[C@H](CCC(=O)O)C(=O)O. The standard InChI is InChI=1S/C6H8N2O5/c9-3-7-8-4(6(12)13)1-2-5(10)11/h3-4H,1-2H2,(H,10,11)(H,12,13)/t4-/m1/s1. The van der Waals surface area contributed by atoms with Crippen LogP contribution >= 0.6 is 0 Å². The fraction of sp³-hybridized carbons (Fsp3) is 0.500. The Morgan fingerprint density at radius 3 is 2.38 bits per heavy atom. The largest absolute Gasteiger partial charge is 0.481 e. The molecule has 0 fully saturated rings. The molecule has 0 aliphatic rings. The van der Waals surface area contributed by atoms with Gasteiger partial charge in [-0.15, -0.1) is 5.11 Å². The van der Waals surface area contributed by atoms with Crippen molar-refractivity contribution in [3.63, 3.8) is 0 Å². The van der Waals surface area contributed by atoms with E-state index in [1.54, 1.807) is 0 Å². The van der Waals surface area contributed by atoms with E-state index in [-0.39, 0.29) is 19.3 Å². The van der Waals surface area contributed by atoms with Crippen LogP contribution in [0.5, 0.6) is 0 Å². The van der Waals surface area contributed by atoms with Crippen LogP contribution in [0.25, 0.3) is 0 Å². The number of carbonyl (C=O) groups is 3. The van der Waals surface area contributed by atoms with Crippen molar-refractivity contribution >= 4 is 18.3 Å². The molecule has 0 spiro atoms. The molecule has 13 heavy (non-hydrogen) atoms. The molecule has 7 heteroatoms. The van der Waals surface area contributed by atoms with Crippen LogP contribution < -0.4 is 0 Å². The third-order valence-electron chi connectivity index (χ3n) is 1.17. The molecule has 0 heterocycles. The molecule has 0 aromatic carbocycles. The van der Waals surface area contributed by atoms with Crippen LogP contribution in [0.1, 0.15) is 12.8 Å². The summed E-state index contributed by atoms with van der Waals surface area (Å²) in [4.78, 5) is 30.1. The van der Waals surface area contributed by atoms with Crippen LogP contribution in [-0.2, 0) is 14.4 Å². The van der Waals surface area contributed by atoms with E-state index in [4.69, 9.17) is 10.2 Å². The smallest absolute Gasteiger partial charge is 0.330 e. The van der Waals surface area contributed by atoms with Crippen molar-refractivity contribution in [1.82, 2.24) is 0 Å². The van der Waals surface area contributed by atoms with Crippen molar-refractivity contribution in [2.45, 2.75) is 18.9 Å². The van der Waals surface area contributed by atoms with Crippen LogP contribution in [0.2, 0.25) is 0 Å². The summed E-state index contributed by atoms with van der Waals surface area (Å²) < 4.78 is 0. The summed E-state index contributed by atoms with van der Waals surface area (Å²) in [6.07, 6.45) is -0.409. The molecule has 0 bridgehead atoms. The van der Waals surface area contributed by atoms with Crippen LogP contribution in [-0.4, -0.2) is 34.6 Å². The van der Waals surface area contributed by atoms with E-state index in [0.717, 1.165) is 0 Å². The normalized spacial score (nSPS) is 12.6. The lowest BCUT2D eigenvalue weighted by atomic mass is 10.2. The summed E-state index contributed by atoms with van der Waals surface area (Å²) in [7, 11) is 0. The first-order valence-electron chi connectivity index (χ1n) is 3.36. The average molecular weight is 188 g/mol. The van der Waals surface area contributed by atoms with E-state index < -0.39 is 18.0 Å². The third-order valence-corrected chi connectivity index (χ3v) is 1.17. The first-order valence-corrected chi connectivity index (χ1v) is 3.36. The van der Waals surface area contributed by atoms with Crippen LogP contribution in [0.4, 0.5) is 0 Å². The second-order valence-electron chi connectivity index (χ2n) is 2.12. The third kappa shape index (κ3) is 5.48. The molecule has 1 amide bonds. The van der Waals surface area contributed by atoms with Crippen molar-refractivity contribution < 1.29 is 24.6 Å². The maximum Gasteiger partial charge on any atom is 0.330 e. The van der Waals surface area contributed by atoms with E-state index in [1.165, 1.54) is 0 Å². The Bertz CT molecular complexity index is 237. The molecule has 1 atom stereocenters. The summed E-state index contributed by atoms with van der Waals surface area (Å²) >= 11 is 0. The van der Waals surface area contributed by atoms with Crippen molar-refractivity contribution in [3.05, 3.63) is 0 Å². The second-order valence-corrected chi connectivity index (χ2v) is 2.12. The number of rotatable bonds is 6. The number of carboxylic acids is 2. The van der Waals surface area contributed by atoms with Gasteiger partial charge in [0, 0.05) is 6.42 Å². The molecule has 0 saturated carbocycles. The van der Waals surface area contributed by atoms with Gasteiger partial charge in [0.2, 0.25) is 0 Å². The van der Waals surface area contributed by atoms with E-state index in [9.17, 15) is 14.4 Å². The minimum absolute atomic E-state index is 0.0940. The van der Waals surface area contributed by atoms with Crippen LogP contribution in [0.3, 0.4) is 0 Å². The van der Waals surface area contributed by atoms with Crippen molar-refractivity contribution in [1.29, 1.82) is 0 Å². The van der Waals surface area contributed by atoms with Crippen LogP contribution in [0, 0.1) is 0 Å². The number of azo groups is 1. The first-order chi connectivity index (χ1) is 6.07. The number of hydrogen-bond donors (Lipinski definition) is 2. The number of aliphatic carboxylic acids is 2. The number of amides is 1. The number of nitrogens with zero attached hydrogens (tertiary/aromatic N) is 2. The minimum atomic E-state index is -1.30. The van der Waals surface area contributed by atoms with Gasteiger partial charge in [-0.2, -0.15) is 5.11 Å². The molecule has 0 aromatic rings. The highest BCUT2D eigenvalue weighted by atomic mass is 16.4. The van der Waals surface area contributed by atoms with Gasteiger partial charge >= 0.3 is 11.9 Å². The van der Waals surface area contributed by atoms with Gasteiger partial charge in [0.05, 0.1) is 0 Å². The van der Waals surface area contributed by atoms with E-state index >= 15 is 0 Å². The predicted molar refractivity (Wildman–Crippen MR) is 39.2 cm³/mol. The van der Waals surface area contributed by atoms with Crippen LogP contribution in [0.15, 0.2) is 10.2 Å². The molecule has 0 aromatic heterocycles. The van der Waals surface area contributed by atoms with Gasteiger partial charge in [0.15, 0.2) is 6.04 Å². The lowest BCUT2D eigenvalue weighted by Crippen LogP contribution is -2.18. The van der Waals surface area contributed by atoms with Crippen molar-refractivity contribution in [2.24, 2.45) is 10.2 Å². The van der Waals surface area contributed by atoms with Crippen molar-refractivity contribution in [3.8, 4) is 0 Å². The quantitative estimate of drug-likeness (QED) is 0.446. The molecule has 0 saturated heterocycles. The highest BCUT2D eigenvalue weighted by Crippen LogP contribution is 2.02. The first kappa shape index (κ1) is 11.2. The highest BCUT2D eigenvalue weighted by Gasteiger charge is 2.17. The summed E-state index contributed by atoms with van der Waals surface area (Å²) in [5.41, 5.74) is 0. The molecule has 0 aliphatic carbocycles. The van der Waals surface area contributed by atoms with Gasteiger partial charge in [-0.25, -0.2) is 4.79 Å². The topological polar surface area (TPSA) is 116 Å². The molecular weight excluding hydrogens is 180 g/mol. The molecule has 0 radical (unpaired) electrons. The zero-order chi connectivity index (χ0) is 10.3. The van der Waals surface area contributed by atoms with E-state index in [1.807, 2.05) is 0 Å². The molecule has 0 rings (SSSR count). The molecule has 72 valence electrons. The fourth-order valence-corrected chi connectivity index (χ4v) is 0.598.